The quantitative estimate of drug-likeness (QED) is 0.910. The van der Waals surface area contributed by atoms with E-state index in [0.29, 0.717) is 31.4 Å². The monoisotopic (exact) mass is 344 g/mol. The van der Waals surface area contributed by atoms with E-state index in [0.717, 1.165) is 30.5 Å². The number of aryl methyl sites for hydroxylation is 1. The number of carbonyl (C=O) groups excluding carboxylic acids is 2. The zero-order valence-electron chi connectivity index (χ0n) is 14.5. The standard InChI is InChI=1S/C19H24N2O4/c1-20-16-8-5-14(12-13(16)6-9-17(20)22)19(25)21-11-3-2-4-15(21)7-10-18(23)24/h5,8,12,15H,2-4,6-7,9-11H2,1H3,(H,23,24). The molecule has 1 N–H and O–H groups in total. The van der Waals surface area contributed by atoms with Crippen molar-refractivity contribution in [1.29, 1.82) is 0 Å². The van der Waals surface area contributed by atoms with Crippen molar-refractivity contribution in [2.24, 2.45) is 0 Å². The van der Waals surface area contributed by atoms with Crippen LogP contribution in [0.1, 0.15) is 54.4 Å². The zero-order chi connectivity index (χ0) is 18.0. The normalized spacial score (nSPS) is 20.4. The Kier molecular flexibility index (Phi) is 5.06. The summed E-state index contributed by atoms with van der Waals surface area (Å²) in [5.74, 6) is -0.756. The molecule has 25 heavy (non-hydrogen) atoms. The second kappa shape index (κ2) is 7.25. The molecule has 2 aliphatic rings. The van der Waals surface area contributed by atoms with Gasteiger partial charge in [-0.2, -0.15) is 0 Å². The third kappa shape index (κ3) is 3.67. The second-order valence-electron chi connectivity index (χ2n) is 6.88. The highest BCUT2D eigenvalue weighted by molar-refractivity contribution is 5.99. The molecule has 0 aromatic heterocycles. The maximum Gasteiger partial charge on any atom is 0.303 e. The minimum atomic E-state index is -0.820. The van der Waals surface area contributed by atoms with Crippen molar-refractivity contribution in [2.75, 3.05) is 18.5 Å². The highest BCUT2D eigenvalue weighted by Gasteiger charge is 2.29. The first-order valence-corrected chi connectivity index (χ1v) is 8.89. The van der Waals surface area contributed by atoms with Gasteiger partial charge in [0.15, 0.2) is 0 Å². The van der Waals surface area contributed by atoms with Gasteiger partial charge in [0.25, 0.3) is 5.91 Å². The molecule has 1 aromatic rings. The average Bonchev–Trinajstić information content (AvgIpc) is 2.62. The molecule has 3 rings (SSSR count). The van der Waals surface area contributed by atoms with E-state index in [4.69, 9.17) is 5.11 Å². The summed E-state index contributed by atoms with van der Waals surface area (Å²) in [5, 5.41) is 8.93. The van der Waals surface area contributed by atoms with Crippen LogP contribution in [0.3, 0.4) is 0 Å². The summed E-state index contributed by atoms with van der Waals surface area (Å²) in [5.41, 5.74) is 2.52. The maximum absolute atomic E-state index is 13.0. The van der Waals surface area contributed by atoms with Crippen molar-refractivity contribution in [3.05, 3.63) is 29.3 Å². The van der Waals surface area contributed by atoms with E-state index in [1.807, 2.05) is 17.0 Å². The number of carboxylic acid groups (broad SMARTS) is 1. The number of nitrogens with zero attached hydrogens (tertiary/aromatic N) is 2. The smallest absolute Gasteiger partial charge is 0.303 e. The number of hydrogen-bond acceptors (Lipinski definition) is 3. The first-order chi connectivity index (χ1) is 12.0. The van der Waals surface area contributed by atoms with Gasteiger partial charge < -0.3 is 14.9 Å². The molecule has 1 unspecified atom stereocenters. The van der Waals surface area contributed by atoms with Crippen LogP contribution in [0.5, 0.6) is 0 Å². The van der Waals surface area contributed by atoms with Crippen LogP contribution in [0.2, 0.25) is 0 Å². The number of piperidine rings is 1. The van der Waals surface area contributed by atoms with Gasteiger partial charge in [0.1, 0.15) is 0 Å². The fourth-order valence-electron chi connectivity index (χ4n) is 3.81. The number of amides is 2. The molecule has 1 aromatic carbocycles. The molecule has 1 saturated heterocycles. The van der Waals surface area contributed by atoms with E-state index in [2.05, 4.69) is 0 Å². The number of rotatable bonds is 4. The largest absolute Gasteiger partial charge is 0.481 e. The molecule has 6 heteroatoms. The molecule has 0 bridgehead atoms. The summed E-state index contributed by atoms with van der Waals surface area (Å²) in [7, 11) is 1.76. The van der Waals surface area contributed by atoms with E-state index < -0.39 is 5.97 Å². The average molecular weight is 344 g/mol. The summed E-state index contributed by atoms with van der Waals surface area (Å²) in [6.07, 6.45) is 4.56. The van der Waals surface area contributed by atoms with Crippen LogP contribution in [-0.4, -0.2) is 47.4 Å². The molecule has 0 saturated carbocycles. The summed E-state index contributed by atoms with van der Waals surface area (Å²) in [6.45, 7) is 0.679. The second-order valence-corrected chi connectivity index (χ2v) is 6.88. The van der Waals surface area contributed by atoms with Crippen LogP contribution in [-0.2, 0) is 16.0 Å². The van der Waals surface area contributed by atoms with Gasteiger partial charge in [-0.25, -0.2) is 0 Å². The summed E-state index contributed by atoms with van der Waals surface area (Å²) in [4.78, 5) is 39.1. The summed E-state index contributed by atoms with van der Waals surface area (Å²) < 4.78 is 0. The SMILES string of the molecule is CN1C(=O)CCc2cc(C(=O)N3CCCCC3CCC(=O)O)ccc21. The van der Waals surface area contributed by atoms with Crippen molar-refractivity contribution in [3.8, 4) is 0 Å². The maximum atomic E-state index is 13.0. The lowest BCUT2D eigenvalue weighted by atomic mass is 9.95. The number of fused-ring (bicyclic) bond motifs is 1. The van der Waals surface area contributed by atoms with Crippen molar-refractivity contribution in [1.82, 2.24) is 4.90 Å². The van der Waals surface area contributed by atoms with Gasteiger partial charge in [-0.3, -0.25) is 14.4 Å². The molecular weight excluding hydrogens is 320 g/mol. The Bertz CT molecular complexity index is 701. The number of carboxylic acids is 1. The molecule has 0 spiro atoms. The third-order valence-corrected chi connectivity index (χ3v) is 5.25. The number of likely N-dealkylation sites (tertiary alicyclic amines) is 1. The Labute approximate surface area is 147 Å². The van der Waals surface area contributed by atoms with Crippen LogP contribution in [0, 0.1) is 0 Å². The van der Waals surface area contributed by atoms with Crippen molar-refractivity contribution >= 4 is 23.5 Å². The van der Waals surface area contributed by atoms with Crippen molar-refractivity contribution < 1.29 is 19.5 Å². The van der Waals surface area contributed by atoms with Crippen LogP contribution in [0.25, 0.3) is 0 Å². The van der Waals surface area contributed by atoms with E-state index in [1.54, 1.807) is 18.0 Å². The number of anilines is 1. The highest BCUT2D eigenvalue weighted by Crippen LogP contribution is 2.29. The first kappa shape index (κ1) is 17.5. The lowest BCUT2D eigenvalue weighted by molar-refractivity contribution is -0.137. The van der Waals surface area contributed by atoms with Gasteiger partial charge in [0.2, 0.25) is 5.91 Å². The number of carbonyl (C=O) groups is 3. The molecule has 2 aliphatic heterocycles. The molecule has 2 amide bonds. The lowest BCUT2D eigenvalue weighted by Crippen LogP contribution is -2.44. The first-order valence-electron chi connectivity index (χ1n) is 8.89. The minimum Gasteiger partial charge on any atom is -0.481 e. The van der Waals surface area contributed by atoms with Gasteiger partial charge in [-0.05, 0) is 55.9 Å². The van der Waals surface area contributed by atoms with Crippen LogP contribution in [0.4, 0.5) is 5.69 Å². The van der Waals surface area contributed by atoms with Gasteiger partial charge in [0.05, 0.1) is 0 Å². The molecular formula is C19H24N2O4. The Morgan fingerprint density at radius 3 is 2.80 bits per heavy atom. The molecule has 6 nitrogen and oxygen atoms in total. The Hall–Kier alpha value is -2.37. The molecule has 1 atom stereocenters. The molecule has 0 radical (unpaired) electrons. The Morgan fingerprint density at radius 1 is 1.24 bits per heavy atom. The van der Waals surface area contributed by atoms with Gasteiger partial charge in [0, 0.05) is 43.7 Å². The van der Waals surface area contributed by atoms with E-state index in [-0.39, 0.29) is 24.3 Å². The molecule has 0 aliphatic carbocycles. The number of hydrogen-bond donors (Lipinski definition) is 1. The van der Waals surface area contributed by atoms with Gasteiger partial charge in [-0.1, -0.05) is 0 Å². The zero-order valence-corrected chi connectivity index (χ0v) is 14.5. The van der Waals surface area contributed by atoms with Gasteiger partial charge in [-0.15, -0.1) is 0 Å². The van der Waals surface area contributed by atoms with E-state index in [9.17, 15) is 14.4 Å². The summed E-state index contributed by atoms with van der Waals surface area (Å²) in [6, 6.07) is 5.51. The molecule has 134 valence electrons. The predicted octanol–water partition coefficient (Wildman–Crippen LogP) is 2.46. The fraction of sp³-hybridized carbons (Fsp3) is 0.526. The van der Waals surface area contributed by atoms with Crippen LogP contribution < -0.4 is 4.90 Å². The van der Waals surface area contributed by atoms with Crippen molar-refractivity contribution in [2.45, 2.75) is 51.0 Å². The van der Waals surface area contributed by atoms with E-state index >= 15 is 0 Å². The third-order valence-electron chi connectivity index (χ3n) is 5.25. The lowest BCUT2D eigenvalue weighted by Gasteiger charge is -2.36. The van der Waals surface area contributed by atoms with Gasteiger partial charge >= 0.3 is 5.97 Å². The summed E-state index contributed by atoms with van der Waals surface area (Å²) >= 11 is 0. The predicted molar refractivity (Wildman–Crippen MR) is 93.7 cm³/mol. The number of aliphatic carboxylic acids is 1. The fourth-order valence-corrected chi connectivity index (χ4v) is 3.81. The topological polar surface area (TPSA) is 77.9 Å². The Balaban J connectivity index is 1.79. The minimum absolute atomic E-state index is 0.00219. The molecule has 1 fully saturated rings. The molecule has 2 heterocycles. The Morgan fingerprint density at radius 2 is 2.04 bits per heavy atom. The van der Waals surface area contributed by atoms with Crippen LogP contribution in [0.15, 0.2) is 18.2 Å². The van der Waals surface area contributed by atoms with Crippen molar-refractivity contribution in [3.63, 3.8) is 0 Å². The van der Waals surface area contributed by atoms with Crippen LogP contribution >= 0.6 is 0 Å². The highest BCUT2D eigenvalue weighted by atomic mass is 16.4. The number of benzene rings is 1. The van der Waals surface area contributed by atoms with E-state index in [1.165, 1.54) is 0 Å².